The van der Waals surface area contributed by atoms with Gasteiger partial charge in [-0.3, -0.25) is 14.5 Å². The number of pyridine rings is 1. The van der Waals surface area contributed by atoms with Crippen molar-refractivity contribution in [2.75, 3.05) is 0 Å². The first-order chi connectivity index (χ1) is 14.4. The van der Waals surface area contributed by atoms with Crippen LogP contribution in [0.2, 0.25) is 5.02 Å². The molecule has 154 valence electrons. The molecular weight excluding hydrogens is 412 g/mol. The van der Waals surface area contributed by atoms with Crippen molar-refractivity contribution in [2.45, 2.75) is 31.8 Å². The maximum Gasteiger partial charge on any atom is 0.243 e. The zero-order valence-electron chi connectivity index (χ0n) is 15.9. The standard InChI is InChI=1S/C21H18ClF2N5O/c1-13(11-28-12-15-9-25-10-18(22)21(15)27-28)2-3-20(30)29-19(4-5-26-29)14-6-16(23)8-17(24)7-14/h5-10,12,19H,1-4,11H2. The number of fused-ring (bicyclic) bond motifs is 1. The molecule has 0 saturated heterocycles. The maximum atomic E-state index is 13.6. The summed E-state index contributed by atoms with van der Waals surface area (Å²) in [6.45, 7) is 4.45. The minimum Gasteiger partial charge on any atom is -0.273 e. The fourth-order valence-electron chi connectivity index (χ4n) is 3.45. The molecular formula is C21H18ClF2N5O. The molecule has 6 nitrogen and oxygen atoms in total. The molecule has 0 radical (unpaired) electrons. The Bertz CT molecular complexity index is 1140. The third kappa shape index (κ3) is 4.23. The molecule has 1 aromatic carbocycles. The highest BCUT2D eigenvalue weighted by molar-refractivity contribution is 6.34. The summed E-state index contributed by atoms with van der Waals surface area (Å²) in [5.74, 6) is -1.60. The number of aromatic nitrogens is 3. The number of hydrogen-bond acceptors (Lipinski definition) is 4. The Morgan fingerprint density at radius 1 is 1.20 bits per heavy atom. The summed E-state index contributed by atoms with van der Waals surface area (Å²) < 4.78 is 28.8. The number of hydrazone groups is 1. The van der Waals surface area contributed by atoms with E-state index in [4.69, 9.17) is 11.6 Å². The van der Waals surface area contributed by atoms with Crippen LogP contribution in [0.15, 0.2) is 54.0 Å². The fourth-order valence-corrected chi connectivity index (χ4v) is 3.65. The van der Waals surface area contributed by atoms with E-state index < -0.39 is 17.7 Å². The Morgan fingerprint density at radius 2 is 1.97 bits per heavy atom. The fraction of sp³-hybridized carbons (Fsp3) is 0.238. The van der Waals surface area contributed by atoms with Crippen LogP contribution in [-0.2, 0) is 11.3 Å². The molecule has 4 rings (SSSR count). The molecule has 0 N–H and O–H groups in total. The first kappa shape index (κ1) is 20.2. The molecule has 30 heavy (non-hydrogen) atoms. The molecule has 1 amide bonds. The third-order valence-corrected chi connectivity index (χ3v) is 5.13. The molecule has 9 heteroatoms. The smallest absolute Gasteiger partial charge is 0.243 e. The Hall–Kier alpha value is -3.13. The number of carbonyl (C=O) groups is 1. The predicted octanol–water partition coefficient (Wildman–Crippen LogP) is 4.66. The summed E-state index contributed by atoms with van der Waals surface area (Å²) in [6.07, 6.45) is 7.62. The number of halogens is 3. The van der Waals surface area contributed by atoms with E-state index in [1.807, 2.05) is 6.20 Å². The van der Waals surface area contributed by atoms with E-state index in [0.29, 0.717) is 35.5 Å². The molecule has 0 fully saturated rings. The average molecular weight is 430 g/mol. The lowest BCUT2D eigenvalue weighted by atomic mass is 10.0. The van der Waals surface area contributed by atoms with Crippen LogP contribution in [-0.4, -0.2) is 31.9 Å². The second kappa shape index (κ2) is 8.31. The van der Waals surface area contributed by atoms with Crippen LogP contribution < -0.4 is 0 Å². The molecule has 0 bridgehead atoms. The number of benzene rings is 1. The zero-order valence-corrected chi connectivity index (χ0v) is 16.7. The maximum absolute atomic E-state index is 13.6. The highest BCUT2D eigenvalue weighted by atomic mass is 35.5. The van der Waals surface area contributed by atoms with Crippen LogP contribution >= 0.6 is 11.6 Å². The van der Waals surface area contributed by atoms with Crippen molar-refractivity contribution in [3.05, 3.63) is 71.2 Å². The zero-order chi connectivity index (χ0) is 21.3. The van der Waals surface area contributed by atoms with Crippen molar-refractivity contribution in [2.24, 2.45) is 5.10 Å². The van der Waals surface area contributed by atoms with Gasteiger partial charge in [-0.05, 0) is 24.1 Å². The first-order valence-electron chi connectivity index (χ1n) is 9.34. The second-order valence-corrected chi connectivity index (χ2v) is 7.53. The molecule has 0 spiro atoms. The highest BCUT2D eigenvalue weighted by Crippen LogP contribution is 2.30. The quantitative estimate of drug-likeness (QED) is 0.535. The average Bonchev–Trinajstić information content (AvgIpc) is 3.33. The third-order valence-electron chi connectivity index (χ3n) is 4.85. The molecule has 2 aromatic heterocycles. The summed E-state index contributed by atoms with van der Waals surface area (Å²) >= 11 is 6.09. The molecule has 3 heterocycles. The minimum atomic E-state index is -0.681. The van der Waals surface area contributed by atoms with Gasteiger partial charge in [0.2, 0.25) is 5.91 Å². The Labute approximate surface area is 176 Å². The van der Waals surface area contributed by atoms with Crippen molar-refractivity contribution in [3.8, 4) is 0 Å². The van der Waals surface area contributed by atoms with Gasteiger partial charge < -0.3 is 0 Å². The van der Waals surface area contributed by atoms with Crippen LogP contribution in [0.1, 0.15) is 30.9 Å². The van der Waals surface area contributed by atoms with E-state index >= 15 is 0 Å². The summed E-state index contributed by atoms with van der Waals surface area (Å²) in [6, 6.07) is 2.74. The minimum absolute atomic E-state index is 0.174. The number of allylic oxidation sites excluding steroid dienone is 1. The Morgan fingerprint density at radius 3 is 2.70 bits per heavy atom. The van der Waals surface area contributed by atoms with E-state index in [1.165, 1.54) is 23.3 Å². The van der Waals surface area contributed by atoms with Gasteiger partial charge in [0, 0.05) is 49.1 Å². The van der Waals surface area contributed by atoms with E-state index in [-0.39, 0.29) is 12.3 Å². The number of amides is 1. The SMILES string of the molecule is C=C(CCC(=O)N1N=CCC1c1cc(F)cc(F)c1)Cn1cc2cncc(Cl)c2n1. The second-order valence-electron chi connectivity index (χ2n) is 7.13. The van der Waals surface area contributed by atoms with Gasteiger partial charge in [-0.2, -0.15) is 10.2 Å². The van der Waals surface area contributed by atoms with Gasteiger partial charge in [-0.15, -0.1) is 0 Å². The van der Waals surface area contributed by atoms with Crippen LogP contribution in [0.25, 0.3) is 10.9 Å². The van der Waals surface area contributed by atoms with E-state index in [0.717, 1.165) is 17.0 Å². The summed E-state index contributed by atoms with van der Waals surface area (Å²) in [7, 11) is 0. The van der Waals surface area contributed by atoms with Crippen molar-refractivity contribution >= 4 is 34.6 Å². The van der Waals surface area contributed by atoms with Crippen molar-refractivity contribution in [1.29, 1.82) is 0 Å². The summed E-state index contributed by atoms with van der Waals surface area (Å²) in [5.41, 5.74) is 1.84. The van der Waals surface area contributed by atoms with Gasteiger partial charge in [0.05, 0.1) is 17.6 Å². The normalized spacial score (nSPS) is 15.8. The molecule has 3 aromatic rings. The number of carbonyl (C=O) groups excluding carboxylic acids is 1. The lowest BCUT2D eigenvalue weighted by Gasteiger charge is -2.22. The number of nitrogens with zero attached hydrogens (tertiary/aromatic N) is 5. The van der Waals surface area contributed by atoms with Gasteiger partial charge in [-0.25, -0.2) is 13.8 Å². The van der Waals surface area contributed by atoms with Crippen LogP contribution in [0.4, 0.5) is 8.78 Å². The van der Waals surface area contributed by atoms with Crippen molar-refractivity contribution in [1.82, 2.24) is 19.8 Å². The van der Waals surface area contributed by atoms with Crippen LogP contribution in [0, 0.1) is 11.6 Å². The molecule has 1 unspecified atom stereocenters. The van der Waals surface area contributed by atoms with Gasteiger partial charge in [0.15, 0.2) is 0 Å². The van der Waals surface area contributed by atoms with E-state index in [9.17, 15) is 13.6 Å². The largest absolute Gasteiger partial charge is 0.273 e. The number of hydrogen-bond donors (Lipinski definition) is 0. The molecule has 1 aliphatic heterocycles. The van der Waals surface area contributed by atoms with Crippen molar-refractivity contribution < 1.29 is 13.6 Å². The van der Waals surface area contributed by atoms with Gasteiger partial charge in [0.1, 0.15) is 17.2 Å². The summed E-state index contributed by atoms with van der Waals surface area (Å²) in [4.78, 5) is 16.7. The number of rotatable bonds is 6. The Kier molecular flexibility index (Phi) is 5.59. The first-order valence-corrected chi connectivity index (χ1v) is 9.72. The molecule has 1 aliphatic rings. The van der Waals surface area contributed by atoms with E-state index in [1.54, 1.807) is 17.1 Å². The Balaban J connectivity index is 1.37. The predicted molar refractivity (Wildman–Crippen MR) is 110 cm³/mol. The monoisotopic (exact) mass is 429 g/mol. The van der Waals surface area contributed by atoms with Gasteiger partial charge >= 0.3 is 0 Å². The van der Waals surface area contributed by atoms with Gasteiger partial charge in [-0.1, -0.05) is 23.8 Å². The van der Waals surface area contributed by atoms with Crippen LogP contribution in [0.3, 0.4) is 0 Å². The summed E-state index contributed by atoms with van der Waals surface area (Å²) in [5, 5.41) is 11.1. The molecule has 0 saturated carbocycles. The van der Waals surface area contributed by atoms with Crippen LogP contribution in [0.5, 0.6) is 0 Å². The highest BCUT2D eigenvalue weighted by Gasteiger charge is 2.28. The van der Waals surface area contributed by atoms with Gasteiger partial charge in [0.25, 0.3) is 0 Å². The topological polar surface area (TPSA) is 63.4 Å². The lowest BCUT2D eigenvalue weighted by Crippen LogP contribution is -2.27. The molecule has 0 aliphatic carbocycles. The van der Waals surface area contributed by atoms with E-state index in [2.05, 4.69) is 21.8 Å². The lowest BCUT2D eigenvalue weighted by molar-refractivity contribution is -0.133. The van der Waals surface area contributed by atoms with Crippen molar-refractivity contribution in [3.63, 3.8) is 0 Å². The molecule has 1 atom stereocenters.